The van der Waals surface area contributed by atoms with Gasteiger partial charge in [0.05, 0.1) is 6.10 Å². The number of hydrogen-bond donors (Lipinski definition) is 3. The fourth-order valence-electron chi connectivity index (χ4n) is 2.09. The Morgan fingerprint density at radius 1 is 1.20 bits per heavy atom. The Bertz CT molecular complexity index is 690. The maximum atomic E-state index is 10.3. The summed E-state index contributed by atoms with van der Waals surface area (Å²) in [4.78, 5) is 8.38. The lowest BCUT2D eigenvalue weighted by molar-refractivity contribution is 0.181. The number of nitrogens with one attached hydrogen (secondary N) is 2. The monoisotopic (exact) mass is 494 g/mol. The van der Waals surface area contributed by atoms with Crippen molar-refractivity contribution in [3.05, 3.63) is 63.4 Å². The standard InChI is InChI=1S/C17H20Cl2N4O.HI/c1-11-3-4-12(8-21-11)9-22-17(20-2)23-10-16(24)13-5-14(18)7-15(19)6-13;/h3-8,16,24H,9-10H2,1-2H3,(H2,20,22,23);1H. The first-order valence-corrected chi connectivity index (χ1v) is 8.23. The first-order valence-electron chi connectivity index (χ1n) is 7.48. The van der Waals surface area contributed by atoms with Crippen LogP contribution in [0.2, 0.25) is 10.0 Å². The molecule has 0 fully saturated rings. The highest BCUT2D eigenvalue weighted by atomic mass is 127. The fourth-order valence-corrected chi connectivity index (χ4v) is 2.63. The molecule has 0 aliphatic heterocycles. The number of hydrogen-bond acceptors (Lipinski definition) is 3. The van der Waals surface area contributed by atoms with Gasteiger partial charge in [-0.05, 0) is 42.3 Å². The molecule has 0 saturated heterocycles. The number of aliphatic hydroxyl groups is 1. The Balaban J connectivity index is 0.00000312. The predicted molar refractivity (Wildman–Crippen MR) is 114 cm³/mol. The molecule has 1 aromatic heterocycles. The number of benzene rings is 1. The summed E-state index contributed by atoms with van der Waals surface area (Å²) in [5.41, 5.74) is 2.67. The van der Waals surface area contributed by atoms with Gasteiger partial charge in [0, 0.05) is 42.1 Å². The summed E-state index contributed by atoms with van der Waals surface area (Å²) in [6, 6.07) is 8.97. The van der Waals surface area contributed by atoms with E-state index in [0.717, 1.165) is 11.3 Å². The van der Waals surface area contributed by atoms with E-state index in [4.69, 9.17) is 23.2 Å². The molecule has 0 aliphatic carbocycles. The first-order chi connectivity index (χ1) is 11.5. The minimum Gasteiger partial charge on any atom is -0.387 e. The lowest BCUT2D eigenvalue weighted by Gasteiger charge is -2.16. The summed E-state index contributed by atoms with van der Waals surface area (Å²) in [7, 11) is 1.67. The van der Waals surface area contributed by atoms with Crippen LogP contribution in [0.4, 0.5) is 0 Å². The number of nitrogens with zero attached hydrogens (tertiary/aromatic N) is 2. The van der Waals surface area contributed by atoms with Gasteiger partial charge in [-0.15, -0.1) is 24.0 Å². The number of guanidine groups is 1. The number of pyridine rings is 1. The second-order valence-corrected chi connectivity index (χ2v) is 6.21. The lowest BCUT2D eigenvalue weighted by atomic mass is 10.1. The van der Waals surface area contributed by atoms with Gasteiger partial charge in [-0.25, -0.2) is 0 Å². The molecular formula is C17H21Cl2IN4O. The molecule has 0 amide bonds. The van der Waals surface area contributed by atoms with Crippen LogP contribution in [0.1, 0.15) is 22.9 Å². The quantitative estimate of drug-likeness (QED) is 0.336. The molecule has 8 heteroatoms. The number of halogens is 3. The van der Waals surface area contributed by atoms with Crippen LogP contribution in [0.15, 0.2) is 41.5 Å². The zero-order chi connectivity index (χ0) is 17.5. The smallest absolute Gasteiger partial charge is 0.191 e. The van der Waals surface area contributed by atoms with Crippen molar-refractivity contribution >= 4 is 53.1 Å². The second kappa shape index (κ2) is 10.8. The van der Waals surface area contributed by atoms with Gasteiger partial charge < -0.3 is 15.7 Å². The maximum Gasteiger partial charge on any atom is 0.191 e. The maximum absolute atomic E-state index is 10.3. The Hall–Kier alpha value is -1.09. The van der Waals surface area contributed by atoms with Crippen molar-refractivity contribution < 1.29 is 5.11 Å². The average Bonchev–Trinajstić information content (AvgIpc) is 2.55. The SMILES string of the molecule is CN=C(NCc1ccc(C)nc1)NCC(O)c1cc(Cl)cc(Cl)c1.I. The van der Waals surface area contributed by atoms with Gasteiger partial charge in [0.25, 0.3) is 0 Å². The van der Waals surface area contributed by atoms with Gasteiger partial charge in [0.2, 0.25) is 0 Å². The highest BCUT2D eigenvalue weighted by Crippen LogP contribution is 2.23. The molecule has 1 heterocycles. The average molecular weight is 495 g/mol. The van der Waals surface area contributed by atoms with E-state index < -0.39 is 6.10 Å². The molecule has 5 nitrogen and oxygen atoms in total. The van der Waals surface area contributed by atoms with E-state index >= 15 is 0 Å². The summed E-state index contributed by atoms with van der Waals surface area (Å²) in [5, 5.41) is 17.5. The molecule has 1 unspecified atom stereocenters. The minimum absolute atomic E-state index is 0. The number of aliphatic imine (C=N–C) groups is 1. The van der Waals surface area contributed by atoms with Gasteiger partial charge in [0.15, 0.2) is 5.96 Å². The molecule has 0 spiro atoms. The molecule has 2 rings (SSSR count). The van der Waals surface area contributed by atoms with Gasteiger partial charge in [-0.1, -0.05) is 29.3 Å². The summed E-state index contributed by atoms with van der Waals surface area (Å²) in [6.45, 7) is 2.82. The van der Waals surface area contributed by atoms with E-state index in [9.17, 15) is 5.11 Å². The Labute approximate surface area is 174 Å². The van der Waals surface area contributed by atoms with Crippen molar-refractivity contribution in [3.63, 3.8) is 0 Å². The van der Waals surface area contributed by atoms with Crippen molar-refractivity contribution in [1.82, 2.24) is 15.6 Å². The highest BCUT2D eigenvalue weighted by Gasteiger charge is 2.10. The van der Waals surface area contributed by atoms with E-state index in [0.29, 0.717) is 28.1 Å². The molecule has 25 heavy (non-hydrogen) atoms. The first kappa shape index (κ1) is 22.0. The summed E-state index contributed by atoms with van der Waals surface area (Å²) >= 11 is 11.9. The topological polar surface area (TPSA) is 69.5 Å². The van der Waals surface area contributed by atoms with E-state index in [1.807, 2.05) is 25.3 Å². The predicted octanol–water partition coefficient (Wildman–Crippen LogP) is 3.71. The van der Waals surface area contributed by atoms with Crippen molar-refractivity contribution in [2.45, 2.75) is 19.6 Å². The van der Waals surface area contributed by atoms with Crippen molar-refractivity contribution in [2.24, 2.45) is 4.99 Å². The van der Waals surface area contributed by atoms with Crippen LogP contribution in [-0.2, 0) is 6.54 Å². The van der Waals surface area contributed by atoms with Crippen LogP contribution >= 0.6 is 47.2 Å². The summed E-state index contributed by atoms with van der Waals surface area (Å²) in [5.74, 6) is 0.586. The molecule has 1 aromatic carbocycles. The molecule has 136 valence electrons. The van der Waals surface area contributed by atoms with Crippen LogP contribution in [-0.4, -0.2) is 29.6 Å². The normalized spacial score (nSPS) is 12.3. The summed E-state index contributed by atoms with van der Waals surface area (Å²) < 4.78 is 0. The van der Waals surface area contributed by atoms with Crippen LogP contribution in [0.3, 0.4) is 0 Å². The molecule has 0 radical (unpaired) electrons. The molecule has 2 aromatic rings. The number of aryl methyl sites for hydroxylation is 1. The second-order valence-electron chi connectivity index (χ2n) is 5.33. The molecule has 0 aliphatic rings. The molecule has 3 N–H and O–H groups in total. The van der Waals surface area contributed by atoms with Crippen LogP contribution in [0.5, 0.6) is 0 Å². The van der Waals surface area contributed by atoms with E-state index in [2.05, 4.69) is 20.6 Å². The van der Waals surface area contributed by atoms with E-state index in [-0.39, 0.29) is 30.5 Å². The fraction of sp³-hybridized carbons (Fsp3) is 0.294. The van der Waals surface area contributed by atoms with Gasteiger partial charge in [0.1, 0.15) is 0 Å². The summed E-state index contributed by atoms with van der Waals surface area (Å²) in [6.07, 6.45) is 1.07. The molecule has 1 atom stereocenters. The Morgan fingerprint density at radius 3 is 2.44 bits per heavy atom. The third-order valence-electron chi connectivity index (χ3n) is 3.39. The van der Waals surface area contributed by atoms with E-state index in [1.165, 1.54) is 0 Å². The van der Waals surface area contributed by atoms with Crippen molar-refractivity contribution in [2.75, 3.05) is 13.6 Å². The zero-order valence-electron chi connectivity index (χ0n) is 14.0. The number of aromatic nitrogens is 1. The van der Waals surface area contributed by atoms with E-state index in [1.54, 1.807) is 25.2 Å². The Kier molecular flexibility index (Phi) is 9.48. The Morgan fingerprint density at radius 2 is 1.88 bits per heavy atom. The molecule has 0 bridgehead atoms. The largest absolute Gasteiger partial charge is 0.387 e. The van der Waals surface area contributed by atoms with Crippen LogP contribution in [0.25, 0.3) is 0 Å². The van der Waals surface area contributed by atoms with Crippen LogP contribution < -0.4 is 10.6 Å². The van der Waals surface area contributed by atoms with Crippen molar-refractivity contribution in [3.8, 4) is 0 Å². The third-order valence-corrected chi connectivity index (χ3v) is 3.83. The lowest BCUT2D eigenvalue weighted by Crippen LogP contribution is -2.39. The zero-order valence-corrected chi connectivity index (χ0v) is 17.8. The van der Waals surface area contributed by atoms with Crippen LogP contribution in [0, 0.1) is 6.92 Å². The molecule has 0 saturated carbocycles. The number of aliphatic hydroxyl groups excluding tert-OH is 1. The van der Waals surface area contributed by atoms with Crippen molar-refractivity contribution in [1.29, 1.82) is 0 Å². The van der Waals surface area contributed by atoms with Gasteiger partial charge in [-0.2, -0.15) is 0 Å². The van der Waals surface area contributed by atoms with Gasteiger partial charge in [-0.3, -0.25) is 9.98 Å². The van der Waals surface area contributed by atoms with Gasteiger partial charge >= 0.3 is 0 Å². The third kappa shape index (κ3) is 7.35. The number of rotatable bonds is 5. The molecular weight excluding hydrogens is 474 g/mol. The minimum atomic E-state index is -0.749. The highest BCUT2D eigenvalue weighted by molar-refractivity contribution is 14.0.